The van der Waals surface area contributed by atoms with Crippen LogP contribution in [0.15, 0.2) is 18.2 Å². The zero-order valence-electron chi connectivity index (χ0n) is 9.87. The molecule has 3 heteroatoms. The first-order valence-corrected chi connectivity index (χ1v) is 5.49. The van der Waals surface area contributed by atoms with Crippen LogP contribution in [0, 0.1) is 6.92 Å². The number of rotatable bonds is 1. The van der Waals surface area contributed by atoms with Crippen LogP contribution in [0.4, 0.5) is 0 Å². The van der Waals surface area contributed by atoms with Crippen molar-refractivity contribution >= 4 is 5.97 Å². The zero-order chi connectivity index (χ0) is 11.9. The van der Waals surface area contributed by atoms with Gasteiger partial charge in [-0.25, -0.2) is 0 Å². The van der Waals surface area contributed by atoms with Crippen molar-refractivity contribution in [2.24, 2.45) is 0 Å². The molecule has 16 heavy (non-hydrogen) atoms. The van der Waals surface area contributed by atoms with Gasteiger partial charge in [0.05, 0.1) is 0 Å². The van der Waals surface area contributed by atoms with E-state index in [-0.39, 0.29) is 5.41 Å². The van der Waals surface area contributed by atoms with Crippen molar-refractivity contribution in [1.29, 1.82) is 0 Å². The summed E-state index contributed by atoms with van der Waals surface area (Å²) in [6.45, 7) is 7.03. The monoisotopic (exact) mass is 219 g/mol. The normalized spacial score (nSPS) is 22.6. The molecule has 0 aromatic heterocycles. The lowest BCUT2D eigenvalue weighted by atomic mass is 9.74. The Morgan fingerprint density at radius 1 is 1.50 bits per heavy atom. The molecule has 0 fully saturated rings. The molecular formula is C13H17NO2. The minimum Gasteiger partial charge on any atom is -0.480 e. The smallest absolute Gasteiger partial charge is 0.325 e. The van der Waals surface area contributed by atoms with E-state index in [9.17, 15) is 9.90 Å². The molecule has 0 aliphatic carbocycles. The number of carboxylic acids is 1. The Balaban J connectivity index is 2.62. The third-order valence-electron chi connectivity index (χ3n) is 3.29. The van der Waals surface area contributed by atoms with Crippen LogP contribution < -0.4 is 5.32 Å². The molecule has 2 rings (SSSR count). The molecule has 0 radical (unpaired) electrons. The van der Waals surface area contributed by atoms with Gasteiger partial charge in [0.15, 0.2) is 0 Å². The van der Waals surface area contributed by atoms with Gasteiger partial charge in [-0.2, -0.15) is 0 Å². The molecule has 1 atom stereocenters. The maximum Gasteiger partial charge on any atom is 0.325 e. The van der Waals surface area contributed by atoms with E-state index in [2.05, 4.69) is 19.2 Å². The number of fused-ring (bicyclic) bond motifs is 1. The molecule has 1 aromatic rings. The maximum absolute atomic E-state index is 11.2. The SMILES string of the molecule is Cc1cccc2c1C(C)(C)CNC2C(=O)O. The van der Waals surface area contributed by atoms with Crippen LogP contribution in [-0.4, -0.2) is 17.6 Å². The second-order valence-corrected chi connectivity index (χ2v) is 5.08. The standard InChI is InChI=1S/C13H17NO2/c1-8-5-4-6-9-10(8)13(2,3)7-14-11(9)12(15)16/h4-6,11,14H,7H2,1-3H3,(H,15,16). The van der Waals surface area contributed by atoms with E-state index in [0.717, 1.165) is 5.56 Å². The lowest BCUT2D eigenvalue weighted by molar-refractivity contribution is -0.140. The molecule has 2 N–H and O–H groups in total. The number of nitrogens with one attached hydrogen (secondary N) is 1. The van der Waals surface area contributed by atoms with Crippen LogP contribution >= 0.6 is 0 Å². The van der Waals surface area contributed by atoms with Gasteiger partial charge >= 0.3 is 5.97 Å². The summed E-state index contributed by atoms with van der Waals surface area (Å²) < 4.78 is 0. The summed E-state index contributed by atoms with van der Waals surface area (Å²) in [5, 5.41) is 12.3. The summed E-state index contributed by atoms with van der Waals surface area (Å²) in [5.41, 5.74) is 3.26. The first-order chi connectivity index (χ1) is 7.43. The van der Waals surface area contributed by atoms with Crippen molar-refractivity contribution in [3.63, 3.8) is 0 Å². The van der Waals surface area contributed by atoms with E-state index in [4.69, 9.17) is 0 Å². The quantitative estimate of drug-likeness (QED) is 0.759. The second kappa shape index (κ2) is 3.59. The maximum atomic E-state index is 11.2. The van der Waals surface area contributed by atoms with Crippen molar-refractivity contribution in [1.82, 2.24) is 5.32 Å². The van der Waals surface area contributed by atoms with E-state index in [1.54, 1.807) is 0 Å². The Kier molecular flexibility index (Phi) is 2.50. The Hall–Kier alpha value is -1.35. The van der Waals surface area contributed by atoms with Gasteiger partial charge in [-0.15, -0.1) is 0 Å². The molecule has 0 saturated heterocycles. The van der Waals surface area contributed by atoms with Gasteiger partial charge in [0, 0.05) is 12.0 Å². The molecule has 0 spiro atoms. The van der Waals surface area contributed by atoms with Crippen molar-refractivity contribution in [3.05, 3.63) is 34.9 Å². The predicted octanol–water partition coefficient (Wildman–Crippen LogP) is 2.00. The molecule has 1 aliphatic heterocycles. The Labute approximate surface area is 95.5 Å². The number of carbonyl (C=O) groups is 1. The minimum atomic E-state index is -0.803. The van der Waals surface area contributed by atoms with Crippen LogP contribution in [0.5, 0.6) is 0 Å². The van der Waals surface area contributed by atoms with Crippen LogP contribution in [0.3, 0.4) is 0 Å². The molecular weight excluding hydrogens is 202 g/mol. The fraction of sp³-hybridized carbons (Fsp3) is 0.462. The van der Waals surface area contributed by atoms with Crippen molar-refractivity contribution < 1.29 is 9.90 Å². The summed E-state index contributed by atoms with van der Waals surface area (Å²) in [6, 6.07) is 5.32. The van der Waals surface area contributed by atoms with Gasteiger partial charge in [-0.3, -0.25) is 10.1 Å². The molecule has 0 bridgehead atoms. The lowest BCUT2D eigenvalue weighted by Crippen LogP contribution is -2.45. The molecule has 3 nitrogen and oxygen atoms in total. The van der Waals surface area contributed by atoms with Gasteiger partial charge < -0.3 is 5.11 Å². The number of carboxylic acid groups (broad SMARTS) is 1. The molecule has 1 aromatic carbocycles. The first kappa shape index (κ1) is 11.1. The van der Waals surface area contributed by atoms with Crippen LogP contribution in [0.1, 0.15) is 36.6 Å². The highest BCUT2D eigenvalue weighted by atomic mass is 16.4. The lowest BCUT2D eigenvalue weighted by Gasteiger charge is -2.37. The van der Waals surface area contributed by atoms with Gasteiger partial charge in [0.1, 0.15) is 6.04 Å². The third kappa shape index (κ3) is 1.61. The molecule has 1 aliphatic rings. The van der Waals surface area contributed by atoms with Gasteiger partial charge in [-0.1, -0.05) is 32.0 Å². The van der Waals surface area contributed by atoms with Crippen molar-refractivity contribution in [2.45, 2.75) is 32.2 Å². The molecule has 0 saturated carbocycles. The number of aryl methyl sites for hydroxylation is 1. The highest BCUT2D eigenvalue weighted by molar-refractivity contribution is 5.77. The van der Waals surface area contributed by atoms with Crippen LogP contribution in [0.25, 0.3) is 0 Å². The fourth-order valence-electron chi connectivity index (χ4n) is 2.63. The minimum absolute atomic E-state index is 0.00731. The van der Waals surface area contributed by atoms with E-state index >= 15 is 0 Å². The number of aliphatic carboxylic acids is 1. The Bertz CT molecular complexity index is 438. The van der Waals surface area contributed by atoms with Crippen LogP contribution in [-0.2, 0) is 10.2 Å². The Morgan fingerprint density at radius 2 is 2.19 bits per heavy atom. The van der Waals surface area contributed by atoms with E-state index in [0.29, 0.717) is 6.54 Å². The fourth-order valence-corrected chi connectivity index (χ4v) is 2.63. The second-order valence-electron chi connectivity index (χ2n) is 5.08. The van der Waals surface area contributed by atoms with Crippen molar-refractivity contribution in [3.8, 4) is 0 Å². The Morgan fingerprint density at radius 3 is 2.81 bits per heavy atom. The number of hydrogen-bond acceptors (Lipinski definition) is 2. The topological polar surface area (TPSA) is 49.3 Å². The first-order valence-electron chi connectivity index (χ1n) is 5.49. The molecule has 1 unspecified atom stereocenters. The number of benzene rings is 1. The highest BCUT2D eigenvalue weighted by Crippen LogP contribution is 2.36. The zero-order valence-corrected chi connectivity index (χ0v) is 9.87. The summed E-state index contributed by atoms with van der Waals surface area (Å²) >= 11 is 0. The highest BCUT2D eigenvalue weighted by Gasteiger charge is 2.36. The van der Waals surface area contributed by atoms with Gasteiger partial charge in [0.2, 0.25) is 0 Å². The van der Waals surface area contributed by atoms with E-state index in [1.165, 1.54) is 11.1 Å². The third-order valence-corrected chi connectivity index (χ3v) is 3.29. The van der Waals surface area contributed by atoms with Gasteiger partial charge in [-0.05, 0) is 23.6 Å². The molecule has 1 heterocycles. The molecule has 0 amide bonds. The van der Waals surface area contributed by atoms with E-state index in [1.807, 2.05) is 25.1 Å². The van der Waals surface area contributed by atoms with E-state index < -0.39 is 12.0 Å². The summed E-state index contributed by atoms with van der Waals surface area (Å²) in [7, 11) is 0. The number of hydrogen-bond donors (Lipinski definition) is 2. The van der Waals surface area contributed by atoms with Gasteiger partial charge in [0.25, 0.3) is 0 Å². The summed E-state index contributed by atoms with van der Waals surface area (Å²) in [4.78, 5) is 11.2. The summed E-state index contributed by atoms with van der Waals surface area (Å²) in [6.07, 6.45) is 0. The predicted molar refractivity (Wildman–Crippen MR) is 62.6 cm³/mol. The average Bonchev–Trinajstić information content (AvgIpc) is 2.16. The summed E-state index contributed by atoms with van der Waals surface area (Å²) in [5.74, 6) is -0.803. The largest absolute Gasteiger partial charge is 0.480 e. The molecule has 86 valence electrons. The average molecular weight is 219 g/mol. The van der Waals surface area contributed by atoms with Crippen LogP contribution in [0.2, 0.25) is 0 Å². The van der Waals surface area contributed by atoms with Crippen molar-refractivity contribution in [2.75, 3.05) is 6.54 Å².